The average molecular weight is 399 g/mol. The number of carbonyl (C=O) groups excluding carboxylic acids is 2. The minimum atomic E-state index is -0.684. The first-order valence-electron chi connectivity index (χ1n) is 9.41. The molecule has 5 nitrogen and oxygen atoms in total. The maximum atomic E-state index is 13.7. The van der Waals surface area contributed by atoms with Gasteiger partial charge >= 0.3 is 5.97 Å². The Bertz CT molecular complexity index is 849. The second kappa shape index (κ2) is 11.0. The lowest BCUT2D eigenvalue weighted by Gasteiger charge is -2.21. The van der Waals surface area contributed by atoms with Crippen LogP contribution in [0.25, 0.3) is 6.08 Å². The highest BCUT2D eigenvalue weighted by atomic mass is 19.1. The van der Waals surface area contributed by atoms with Crippen LogP contribution < -0.4 is 10.1 Å². The van der Waals surface area contributed by atoms with Crippen LogP contribution in [0.15, 0.2) is 54.6 Å². The summed E-state index contributed by atoms with van der Waals surface area (Å²) in [6.45, 7) is 3.77. The minimum Gasteiger partial charge on any atom is -0.494 e. The summed E-state index contributed by atoms with van der Waals surface area (Å²) in [5.74, 6) is -1.08. The molecule has 0 radical (unpaired) electrons. The number of hydrogen-bond donors (Lipinski definition) is 1. The predicted octanol–water partition coefficient (Wildman–Crippen LogP) is 4.29. The second-order valence-electron chi connectivity index (χ2n) is 7.00. The highest BCUT2D eigenvalue weighted by molar-refractivity contribution is 5.89. The fraction of sp³-hybridized carbons (Fsp3) is 0.304. The number of benzene rings is 2. The molecule has 0 saturated carbocycles. The van der Waals surface area contributed by atoms with Gasteiger partial charge in [0.15, 0.2) is 18.2 Å². The molecule has 0 aliphatic rings. The first-order valence-corrected chi connectivity index (χ1v) is 9.41. The average Bonchev–Trinajstić information content (AvgIpc) is 2.70. The molecule has 2 aromatic rings. The molecule has 0 aliphatic carbocycles. The molecule has 0 heterocycles. The summed E-state index contributed by atoms with van der Waals surface area (Å²) in [6, 6.07) is 13.8. The molecule has 1 amide bonds. The highest BCUT2D eigenvalue weighted by Crippen LogP contribution is 2.21. The molecule has 29 heavy (non-hydrogen) atoms. The van der Waals surface area contributed by atoms with Gasteiger partial charge in [-0.15, -0.1) is 0 Å². The number of rotatable bonds is 9. The van der Waals surface area contributed by atoms with Crippen molar-refractivity contribution in [3.05, 3.63) is 71.6 Å². The molecule has 0 aliphatic heterocycles. The smallest absolute Gasteiger partial charge is 0.331 e. The maximum Gasteiger partial charge on any atom is 0.331 e. The van der Waals surface area contributed by atoms with E-state index < -0.39 is 11.8 Å². The third-order valence-corrected chi connectivity index (χ3v) is 4.18. The van der Waals surface area contributed by atoms with Gasteiger partial charge < -0.3 is 14.8 Å². The number of methoxy groups -OCH3 is 1. The molecule has 0 unspecified atom stereocenters. The Kier molecular flexibility index (Phi) is 8.40. The molecule has 154 valence electrons. The van der Waals surface area contributed by atoms with Crippen molar-refractivity contribution >= 4 is 18.0 Å². The van der Waals surface area contributed by atoms with E-state index in [1.807, 2.05) is 30.3 Å². The van der Waals surface area contributed by atoms with Crippen molar-refractivity contribution in [3.8, 4) is 5.75 Å². The van der Waals surface area contributed by atoms with E-state index in [0.717, 1.165) is 18.1 Å². The van der Waals surface area contributed by atoms with Crippen molar-refractivity contribution in [3.63, 3.8) is 0 Å². The number of carbonyl (C=O) groups is 2. The van der Waals surface area contributed by atoms with Crippen LogP contribution in [0, 0.1) is 11.7 Å². The monoisotopic (exact) mass is 399 g/mol. The van der Waals surface area contributed by atoms with Crippen molar-refractivity contribution in [2.75, 3.05) is 13.7 Å². The van der Waals surface area contributed by atoms with Crippen LogP contribution in [0.1, 0.15) is 37.4 Å². The number of esters is 1. The Balaban J connectivity index is 1.88. The van der Waals surface area contributed by atoms with E-state index in [4.69, 9.17) is 9.47 Å². The first-order chi connectivity index (χ1) is 13.9. The third kappa shape index (κ3) is 7.41. The van der Waals surface area contributed by atoms with Crippen molar-refractivity contribution in [1.82, 2.24) is 5.32 Å². The first kappa shape index (κ1) is 22.1. The SMILES string of the molecule is COc1ccc(/C=C/C(=O)OCC(=O)N[C@@H](CC(C)C)c2ccccc2)cc1F. The number of nitrogens with one attached hydrogen (secondary N) is 1. The summed E-state index contributed by atoms with van der Waals surface area (Å²) < 4.78 is 23.5. The van der Waals surface area contributed by atoms with E-state index in [1.54, 1.807) is 6.07 Å². The molecule has 1 atom stereocenters. The van der Waals surface area contributed by atoms with Crippen molar-refractivity contribution in [2.45, 2.75) is 26.3 Å². The summed E-state index contributed by atoms with van der Waals surface area (Å²) in [4.78, 5) is 24.1. The van der Waals surface area contributed by atoms with Gasteiger partial charge in [-0.05, 0) is 41.7 Å². The quantitative estimate of drug-likeness (QED) is 0.505. The second-order valence-corrected chi connectivity index (χ2v) is 7.00. The molecule has 6 heteroatoms. The van der Waals surface area contributed by atoms with Gasteiger partial charge in [0.1, 0.15) is 0 Å². The maximum absolute atomic E-state index is 13.7. The van der Waals surface area contributed by atoms with Gasteiger partial charge in [0.05, 0.1) is 13.2 Å². The van der Waals surface area contributed by atoms with Gasteiger partial charge in [0.25, 0.3) is 5.91 Å². The standard InChI is InChI=1S/C23H26FNO4/c1-16(2)13-20(18-7-5-4-6-8-18)25-22(26)15-29-23(27)12-10-17-9-11-21(28-3)19(24)14-17/h4-12,14,16,20H,13,15H2,1-3H3,(H,25,26)/b12-10+/t20-/m0/s1. The zero-order valence-corrected chi connectivity index (χ0v) is 16.9. The Labute approximate surface area is 170 Å². The molecule has 1 N–H and O–H groups in total. The predicted molar refractivity (Wildman–Crippen MR) is 110 cm³/mol. The molecule has 0 spiro atoms. The van der Waals surface area contributed by atoms with Gasteiger partial charge in [-0.2, -0.15) is 0 Å². The number of halogens is 1. The fourth-order valence-electron chi connectivity index (χ4n) is 2.81. The van der Waals surface area contributed by atoms with Crippen LogP contribution in [-0.2, 0) is 14.3 Å². The van der Waals surface area contributed by atoms with E-state index in [2.05, 4.69) is 19.2 Å². The summed E-state index contributed by atoms with van der Waals surface area (Å²) in [7, 11) is 1.37. The van der Waals surface area contributed by atoms with Gasteiger partial charge in [0, 0.05) is 6.08 Å². The van der Waals surface area contributed by atoms with Gasteiger partial charge in [0.2, 0.25) is 0 Å². The number of ether oxygens (including phenoxy) is 2. The lowest BCUT2D eigenvalue weighted by atomic mass is 9.97. The van der Waals surface area contributed by atoms with Crippen LogP contribution in [-0.4, -0.2) is 25.6 Å². The topological polar surface area (TPSA) is 64.6 Å². The number of hydrogen-bond acceptors (Lipinski definition) is 4. The van der Waals surface area contributed by atoms with E-state index in [1.165, 1.54) is 25.3 Å². The normalized spacial score (nSPS) is 12.0. The van der Waals surface area contributed by atoms with Crippen LogP contribution in [0.5, 0.6) is 5.75 Å². The third-order valence-electron chi connectivity index (χ3n) is 4.18. The molecule has 0 bridgehead atoms. The molecule has 2 rings (SSSR count). The number of amides is 1. The molecule has 0 aromatic heterocycles. The largest absolute Gasteiger partial charge is 0.494 e. The summed E-state index contributed by atoms with van der Waals surface area (Å²) in [5, 5.41) is 2.91. The van der Waals surface area contributed by atoms with Crippen LogP contribution in [0.2, 0.25) is 0 Å². The van der Waals surface area contributed by atoms with Crippen molar-refractivity contribution in [2.24, 2.45) is 5.92 Å². The van der Waals surface area contributed by atoms with E-state index in [9.17, 15) is 14.0 Å². The fourth-order valence-corrected chi connectivity index (χ4v) is 2.81. The molecule has 0 fully saturated rings. The summed E-state index contributed by atoms with van der Waals surface area (Å²) >= 11 is 0. The van der Waals surface area contributed by atoms with Crippen molar-refractivity contribution in [1.29, 1.82) is 0 Å². The molecular weight excluding hydrogens is 373 g/mol. The highest BCUT2D eigenvalue weighted by Gasteiger charge is 2.16. The van der Waals surface area contributed by atoms with Crippen LogP contribution >= 0.6 is 0 Å². The zero-order valence-electron chi connectivity index (χ0n) is 16.9. The van der Waals surface area contributed by atoms with Crippen LogP contribution in [0.3, 0.4) is 0 Å². The van der Waals surface area contributed by atoms with Crippen molar-refractivity contribution < 1.29 is 23.5 Å². The van der Waals surface area contributed by atoms with Gasteiger partial charge in [-0.25, -0.2) is 9.18 Å². The van der Waals surface area contributed by atoms with Crippen LogP contribution in [0.4, 0.5) is 4.39 Å². The summed E-state index contributed by atoms with van der Waals surface area (Å²) in [6.07, 6.45) is 3.33. The molecule has 2 aromatic carbocycles. The minimum absolute atomic E-state index is 0.121. The van der Waals surface area contributed by atoms with Gasteiger partial charge in [-0.1, -0.05) is 50.2 Å². The van der Waals surface area contributed by atoms with Gasteiger partial charge in [-0.3, -0.25) is 4.79 Å². The lowest BCUT2D eigenvalue weighted by Crippen LogP contribution is -2.33. The zero-order chi connectivity index (χ0) is 21.2. The Hall–Kier alpha value is -3.15. The van der Waals surface area contributed by atoms with E-state index >= 15 is 0 Å². The molecular formula is C23H26FNO4. The lowest BCUT2D eigenvalue weighted by molar-refractivity contribution is -0.144. The molecule has 0 saturated heterocycles. The van der Waals surface area contributed by atoms with E-state index in [0.29, 0.717) is 11.5 Å². The Morgan fingerprint density at radius 3 is 2.48 bits per heavy atom. The Morgan fingerprint density at radius 1 is 1.14 bits per heavy atom. The Morgan fingerprint density at radius 2 is 1.86 bits per heavy atom. The van der Waals surface area contributed by atoms with E-state index in [-0.39, 0.29) is 24.3 Å². The summed E-state index contributed by atoms with van der Waals surface area (Å²) in [5.41, 5.74) is 1.48.